The molecule has 0 aliphatic heterocycles. The van der Waals surface area contributed by atoms with Gasteiger partial charge in [0.05, 0.1) is 5.56 Å². The summed E-state index contributed by atoms with van der Waals surface area (Å²) >= 11 is 3.34. The quantitative estimate of drug-likeness (QED) is 0.751. The van der Waals surface area contributed by atoms with E-state index in [4.69, 9.17) is 11.5 Å². The highest BCUT2D eigenvalue weighted by Gasteiger charge is 2.12. The van der Waals surface area contributed by atoms with E-state index in [1.54, 1.807) is 6.07 Å². The maximum atomic E-state index is 11.5. The Morgan fingerprint density at radius 3 is 2.52 bits per heavy atom. The van der Waals surface area contributed by atoms with Gasteiger partial charge in [-0.3, -0.25) is 4.79 Å². The average Bonchev–Trinajstić information content (AvgIpc) is 2.47. The van der Waals surface area contributed by atoms with Crippen molar-refractivity contribution in [2.24, 2.45) is 11.5 Å². The molecule has 5 N–H and O–H groups in total. The lowest BCUT2D eigenvalue weighted by atomic mass is 10.0. The molecule has 0 saturated carbocycles. The molecule has 2 aromatic carbocycles. The van der Waals surface area contributed by atoms with Crippen molar-refractivity contribution in [3.8, 4) is 0 Å². The summed E-state index contributed by atoms with van der Waals surface area (Å²) in [4.78, 5) is 11.5. The molecule has 5 heteroatoms. The fourth-order valence-corrected chi connectivity index (χ4v) is 2.71. The summed E-state index contributed by atoms with van der Waals surface area (Å²) in [6.07, 6.45) is 0.759. The van der Waals surface area contributed by atoms with E-state index in [1.165, 1.54) is 0 Å². The lowest BCUT2D eigenvalue weighted by molar-refractivity contribution is 0.100. The van der Waals surface area contributed by atoms with Crippen LogP contribution < -0.4 is 16.8 Å². The number of halogens is 1. The predicted octanol–water partition coefficient (Wildman–Crippen LogP) is 3.05. The molecule has 2 rings (SSSR count). The Hall–Kier alpha value is -1.85. The van der Waals surface area contributed by atoms with E-state index in [-0.39, 0.29) is 6.04 Å². The van der Waals surface area contributed by atoms with Gasteiger partial charge in [-0.05, 0) is 40.0 Å². The maximum absolute atomic E-state index is 11.5. The Morgan fingerprint density at radius 1 is 1.14 bits per heavy atom. The highest BCUT2D eigenvalue weighted by Crippen LogP contribution is 2.24. The number of hydrogen-bond donors (Lipinski definition) is 3. The van der Waals surface area contributed by atoms with Crippen molar-refractivity contribution in [1.82, 2.24) is 0 Å². The standard InChI is InChI=1S/C16H18BrN3O/c17-12-7-4-8-14(15(12)16(19)21)20-10-9-13(18)11-5-2-1-3-6-11/h1-8,13,20H,9-10,18H2,(H2,19,21). The topological polar surface area (TPSA) is 81.1 Å². The Balaban J connectivity index is 1.98. The molecule has 1 unspecified atom stereocenters. The van der Waals surface area contributed by atoms with Crippen molar-refractivity contribution in [2.75, 3.05) is 11.9 Å². The normalized spacial score (nSPS) is 11.9. The molecule has 1 amide bonds. The molecule has 0 bridgehead atoms. The SMILES string of the molecule is NC(=O)c1c(Br)cccc1NCCC(N)c1ccccc1. The van der Waals surface area contributed by atoms with Crippen molar-refractivity contribution >= 4 is 27.5 Å². The van der Waals surface area contributed by atoms with Gasteiger partial charge < -0.3 is 16.8 Å². The van der Waals surface area contributed by atoms with Crippen LogP contribution >= 0.6 is 15.9 Å². The Bertz CT molecular complexity index is 616. The zero-order valence-corrected chi connectivity index (χ0v) is 13.1. The van der Waals surface area contributed by atoms with Crippen LogP contribution in [0.4, 0.5) is 5.69 Å². The number of amides is 1. The fourth-order valence-electron chi connectivity index (χ4n) is 2.15. The van der Waals surface area contributed by atoms with Crippen molar-refractivity contribution in [3.05, 3.63) is 64.1 Å². The Morgan fingerprint density at radius 2 is 1.86 bits per heavy atom. The number of rotatable bonds is 6. The fraction of sp³-hybridized carbons (Fsp3) is 0.188. The van der Waals surface area contributed by atoms with Gasteiger partial charge in [-0.25, -0.2) is 0 Å². The third kappa shape index (κ3) is 4.06. The molecule has 0 aromatic heterocycles. The zero-order valence-electron chi connectivity index (χ0n) is 11.6. The van der Waals surface area contributed by atoms with Crippen LogP contribution in [-0.2, 0) is 0 Å². The second-order valence-corrected chi connectivity index (χ2v) is 5.61. The van der Waals surface area contributed by atoms with Crippen LogP contribution in [-0.4, -0.2) is 12.5 Å². The van der Waals surface area contributed by atoms with Gasteiger partial charge in [-0.2, -0.15) is 0 Å². The maximum Gasteiger partial charge on any atom is 0.251 e. The van der Waals surface area contributed by atoms with E-state index in [0.717, 1.165) is 17.7 Å². The number of hydrogen-bond acceptors (Lipinski definition) is 3. The van der Waals surface area contributed by atoms with Crippen LogP contribution in [0.25, 0.3) is 0 Å². The molecule has 4 nitrogen and oxygen atoms in total. The molecule has 0 spiro atoms. The first-order chi connectivity index (χ1) is 10.1. The van der Waals surface area contributed by atoms with Gasteiger partial charge in [0, 0.05) is 22.7 Å². The predicted molar refractivity (Wildman–Crippen MR) is 89.1 cm³/mol. The van der Waals surface area contributed by atoms with Gasteiger partial charge >= 0.3 is 0 Å². The van der Waals surface area contributed by atoms with Crippen molar-refractivity contribution < 1.29 is 4.79 Å². The molecule has 0 saturated heterocycles. The molecule has 0 heterocycles. The van der Waals surface area contributed by atoms with Crippen LogP contribution in [0.15, 0.2) is 53.0 Å². The number of anilines is 1. The summed E-state index contributed by atoms with van der Waals surface area (Å²) in [5.74, 6) is -0.461. The van der Waals surface area contributed by atoms with Gasteiger partial charge in [0.1, 0.15) is 0 Å². The number of carbonyl (C=O) groups excluding carboxylic acids is 1. The summed E-state index contributed by atoms with van der Waals surface area (Å²) in [6, 6.07) is 15.4. The number of nitrogens with one attached hydrogen (secondary N) is 1. The van der Waals surface area contributed by atoms with Crippen LogP contribution in [0.3, 0.4) is 0 Å². The molecular formula is C16H18BrN3O. The van der Waals surface area contributed by atoms with Gasteiger partial charge in [-0.15, -0.1) is 0 Å². The molecule has 1 atom stereocenters. The number of carbonyl (C=O) groups is 1. The van der Waals surface area contributed by atoms with E-state index in [2.05, 4.69) is 21.2 Å². The van der Waals surface area contributed by atoms with Crippen molar-refractivity contribution in [1.29, 1.82) is 0 Å². The summed E-state index contributed by atoms with van der Waals surface area (Å²) < 4.78 is 0.687. The van der Waals surface area contributed by atoms with Crippen LogP contribution in [0.1, 0.15) is 28.4 Å². The van der Waals surface area contributed by atoms with Crippen LogP contribution in [0.5, 0.6) is 0 Å². The van der Waals surface area contributed by atoms with Gasteiger partial charge in [-0.1, -0.05) is 36.4 Å². The highest BCUT2D eigenvalue weighted by molar-refractivity contribution is 9.10. The molecule has 0 fully saturated rings. The summed E-state index contributed by atoms with van der Waals surface area (Å²) in [5, 5.41) is 3.23. The van der Waals surface area contributed by atoms with Crippen molar-refractivity contribution in [3.63, 3.8) is 0 Å². The van der Waals surface area contributed by atoms with E-state index >= 15 is 0 Å². The van der Waals surface area contributed by atoms with E-state index < -0.39 is 5.91 Å². The van der Waals surface area contributed by atoms with E-state index in [1.807, 2.05) is 42.5 Å². The van der Waals surface area contributed by atoms with E-state index in [0.29, 0.717) is 16.6 Å². The minimum atomic E-state index is -0.461. The van der Waals surface area contributed by atoms with Crippen molar-refractivity contribution in [2.45, 2.75) is 12.5 Å². The number of nitrogens with two attached hydrogens (primary N) is 2. The Kier molecular flexibility index (Phi) is 5.36. The molecule has 0 aliphatic rings. The minimum Gasteiger partial charge on any atom is -0.384 e. The third-order valence-corrected chi connectivity index (χ3v) is 3.92. The summed E-state index contributed by atoms with van der Waals surface area (Å²) in [6.45, 7) is 0.660. The Labute approximate surface area is 132 Å². The second-order valence-electron chi connectivity index (χ2n) is 4.76. The number of benzene rings is 2. The van der Waals surface area contributed by atoms with Crippen LogP contribution in [0.2, 0.25) is 0 Å². The average molecular weight is 348 g/mol. The lowest BCUT2D eigenvalue weighted by Gasteiger charge is -2.15. The first kappa shape index (κ1) is 15.5. The largest absolute Gasteiger partial charge is 0.384 e. The first-order valence-electron chi connectivity index (χ1n) is 6.72. The van der Waals surface area contributed by atoms with Crippen LogP contribution in [0, 0.1) is 0 Å². The smallest absolute Gasteiger partial charge is 0.251 e. The molecule has 0 aliphatic carbocycles. The highest BCUT2D eigenvalue weighted by atomic mass is 79.9. The lowest BCUT2D eigenvalue weighted by Crippen LogP contribution is -2.18. The molecular weight excluding hydrogens is 330 g/mol. The molecule has 2 aromatic rings. The van der Waals surface area contributed by atoms with Gasteiger partial charge in [0.2, 0.25) is 0 Å². The minimum absolute atomic E-state index is 0.0390. The summed E-state index contributed by atoms with van der Waals surface area (Å²) in [5.41, 5.74) is 13.8. The monoisotopic (exact) mass is 347 g/mol. The molecule has 0 radical (unpaired) electrons. The van der Waals surface area contributed by atoms with Gasteiger partial charge in [0.15, 0.2) is 0 Å². The molecule has 110 valence electrons. The van der Waals surface area contributed by atoms with Gasteiger partial charge in [0.25, 0.3) is 5.91 Å². The molecule has 21 heavy (non-hydrogen) atoms. The van der Waals surface area contributed by atoms with E-state index in [9.17, 15) is 4.79 Å². The third-order valence-electron chi connectivity index (χ3n) is 3.26. The first-order valence-corrected chi connectivity index (χ1v) is 7.51. The zero-order chi connectivity index (χ0) is 15.2. The number of primary amides is 1. The second kappa shape index (κ2) is 7.24. The summed E-state index contributed by atoms with van der Waals surface area (Å²) in [7, 11) is 0.